The number of hydrogen-bond acceptors (Lipinski definition) is 3. The normalized spacial score (nSPS) is 11.4. The van der Waals surface area contributed by atoms with Gasteiger partial charge in [-0.05, 0) is 18.6 Å². The predicted octanol–water partition coefficient (Wildman–Crippen LogP) is 2.90. The monoisotopic (exact) mass is 341 g/mol. The molecule has 130 valence electrons. The number of aryl methyl sites for hydroxylation is 2. The number of aromatic nitrogens is 2. The van der Waals surface area contributed by atoms with Crippen LogP contribution in [0.1, 0.15) is 21.6 Å². The van der Waals surface area contributed by atoms with E-state index in [4.69, 9.17) is 4.74 Å². The molecular formula is C16H18F3N3O2. The number of nitrogens with zero attached hydrogens (tertiary/aromatic N) is 3. The number of carbonyl (C=O) groups is 1. The zero-order chi connectivity index (χ0) is 17.9. The van der Waals surface area contributed by atoms with Crippen LogP contribution in [0.25, 0.3) is 0 Å². The number of benzene rings is 1. The van der Waals surface area contributed by atoms with Crippen molar-refractivity contribution in [1.29, 1.82) is 0 Å². The highest BCUT2D eigenvalue weighted by Crippen LogP contribution is 2.31. The topological polar surface area (TPSA) is 47.4 Å². The fourth-order valence-corrected chi connectivity index (χ4v) is 2.17. The van der Waals surface area contributed by atoms with Gasteiger partial charge in [0.1, 0.15) is 12.4 Å². The largest absolute Gasteiger partial charge is 0.491 e. The Bertz CT molecular complexity index is 726. The van der Waals surface area contributed by atoms with Crippen molar-refractivity contribution in [3.8, 4) is 5.75 Å². The van der Waals surface area contributed by atoms with Crippen LogP contribution in [-0.2, 0) is 13.2 Å². The third-order valence-corrected chi connectivity index (χ3v) is 3.45. The van der Waals surface area contributed by atoms with Crippen molar-refractivity contribution in [1.82, 2.24) is 14.7 Å². The Morgan fingerprint density at radius 3 is 2.62 bits per heavy atom. The van der Waals surface area contributed by atoms with Gasteiger partial charge in [-0.3, -0.25) is 9.48 Å². The number of para-hydroxylation sites is 1. The van der Waals surface area contributed by atoms with Gasteiger partial charge in [0.05, 0.1) is 12.1 Å². The molecule has 0 bridgehead atoms. The summed E-state index contributed by atoms with van der Waals surface area (Å²) in [5.41, 5.74) is -0.705. The van der Waals surface area contributed by atoms with Gasteiger partial charge in [-0.1, -0.05) is 18.2 Å². The van der Waals surface area contributed by atoms with Crippen molar-refractivity contribution >= 4 is 5.91 Å². The van der Waals surface area contributed by atoms with E-state index in [9.17, 15) is 18.0 Å². The number of halogens is 3. The van der Waals surface area contributed by atoms with E-state index in [-0.39, 0.29) is 13.2 Å². The minimum absolute atomic E-state index is 0.152. The van der Waals surface area contributed by atoms with Crippen LogP contribution in [0.2, 0.25) is 0 Å². The van der Waals surface area contributed by atoms with Crippen LogP contribution < -0.4 is 4.74 Å². The molecule has 2 aromatic rings. The van der Waals surface area contributed by atoms with Gasteiger partial charge in [-0.15, -0.1) is 0 Å². The Hall–Kier alpha value is -2.51. The quantitative estimate of drug-likeness (QED) is 0.840. The van der Waals surface area contributed by atoms with Crippen molar-refractivity contribution in [2.24, 2.45) is 7.05 Å². The lowest BCUT2D eigenvalue weighted by Crippen LogP contribution is -2.32. The summed E-state index contributed by atoms with van der Waals surface area (Å²) >= 11 is 0. The average Bonchev–Trinajstić information content (AvgIpc) is 2.90. The van der Waals surface area contributed by atoms with Gasteiger partial charge in [0.15, 0.2) is 5.69 Å². The van der Waals surface area contributed by atoms with Gasteiger partial charge in [-0.2, -0.15) is 18.3 Å². The van der Waals surface area contributed by atoms with E-state index in [1.54, 1.807) is 6.07 Å². The predicted molar refractivity (Wildman–Crippen MR) is 81.8 cm³/mol. The van der Waals surface area contributed by atoms with Crippen molar-refractivity contribution in [2.45, 2.75) is 13.1 Å². The summed E-state index contributed by atoms with van der Waals surface area (Å²) in [5, 5.41) is 3.34. The summed E-state index contributed by atoms with van der Waals surface area (Å²) in [7, 11) is 2.77. The lowest BCUT2D eigenvalue weighted by molar-refractivity contribution is -0.141. The number of hydrogen-bond donors (Lipinski definition) is 0. The molecule has 0 aliphatic rings. The maximum Gasteiger partial charge on any atom is 0.435 e. The van der Waals surface area contributed by atoms with Crippen LogP contribution in [0.4, 0.5) is 13.2 Å². The number of ether oxygens (including phenoxy) is 1. The number of rotatable bonds is 5. The van der Waals surface area contributed by atoms with Crippen LogP contribution in [0, 0.1) is 6.92 Å². The van der Waals surface area contributed by atoms with Crippen molar-refractivity contribution in [3.63, 3.8) is 0 Å². The maximum absolute atomic E-state index is 12.9. The highest BCUT2D eigenvalue weighted by atomic mass is 19.4. The van der Waals surface area contributed by atoms with Crippen LogP contribution in [0.15, 0.2) is 30.5 Å². The minimum atomic E-state index is -4.68. The standard InChI is InChI=1S/C16H18F3N3O2/c1-11-6-4-5-7-13(11)24-9-8-21(2)15(23)12-10-22(3)20-14(12)16(17,18)19/h4-7,10H,8-9H2,1-3H3. The Labute approximate surface area is 137 Å². The number of amides is 1. The molecule has 0 fully saturated rings. The highest BCUT2D eigenvalue weighted by molar-refractivity contribution is 5.95. The SMILES string of the molecule is Cc1ccccc1OCCN(C)C(=O)c1cn(C)nc1C(F)(F)F. The number of carbonyl (C=O) groups excluding carboxylic acids is 1. The fraction of sp³-hybridized carbons (Fsp3) is 0.375. The molecule has 0 radical (unpaired) electrons. The van der Waals surface area contributed by atoms with Crippen molar-refractivity contribution in [2.75, 3.05) is 20.2 Å². The first-order chi connectivity index (χ1) is 11.2. The Morgan fingerprint density at radius 1 is 1.33 bits per heavy atom. The molecule has 1 aromatic carbocycles. The van der Waals surface area contributed by atoms with E-state index in [1.807, 2.05) is 25.1 Å². The molecule has 1 heterocycles. The van der Waals surface area contributed by atoms with Crippen molar-refractivity contribution in [3.05, 3.63) is 47.3 Å². The van der Waals surface area contributed by atoms with Gasteiger partial charge in [0.25, 0.3) is 5.91 Å². The lowest BCUT2D eigenvalue weighted by Gasteiger charge is -2.18. The summed E-state index contributed by atoms with van der Waals surface area (Å²) in [5.74, 6) is -0.0699. The molecular weight excluding hydrogens is 323 g/mol. The van der Waals surface area contributed by atoms with Gasteiger partial charge >= 0.3 is 6.18 Å². The molecule has 0 aliphatic carbocycles. The molecule has 24 heavy (non-hydrogen) atoms. The summed E-state index contributed by atoms with van der Waals surface area (Å²) in [6, 6.07) is 7.37. The Kier molecular flexibility index (Phi) is 5.16. The molecule has 0 saturated heterocycles. The molecule has 1 amide bonds. The molecule has 0 spiro atoms. The summed E-state index contributed by atoms with van der Waals surface area (Å²) in [6.45, 7) is 2.21. The maximum atomic E-state index is 12.9. The molecule has 0 saturated carbocycles. The molecule has 0 aliphatic heterocycles. The van der Waals surface area contributed by atoms with E-state index in [1.165, 1.54) is 19.0 Å². The van der Waals surface area contributed by atoms with E-state index >= 15 is 0 Å². The lowest BCUT2D eigenvalue weighted by atomic mass is 10.2. The first-order valence-corrected chi connectivity index (χ1v) is 7.25. The molecule has 5 nitrogen and oxygen atoms in total. The van der Waals surface area contributed by atoms with E-state index in [2.05, 4.69) is 5.10 Å². The average molecular weight is 341 g/mol. The van der Waals surface area contributed by atoms with E-state index < -0.39 is 23.3 Å². The highest BCUT2D eigenvalue weighted by Gasteiger charge is 2.39. The Balaban J connectivity index is 2.02. The van der Waals surface area contributed by atoms with Crippen LogP contribution in [0.5, 0.6) is 5.75 Å². The van der Waals surface area contributed by atoms with Crippen molar-refractivity contribution < 1.29 is 22.7 Å². The smallest absolute Gasteiger partial charge is 0.435 e. The summed E-state index contributed by atoms with van der Waals surface area (Å²) in [6.07, 6.45) is -3.60. The van der Waals surface area contributed by atoms with E-state index in [0.717, 1.165) is 16.4 Å². The van der Waals surface area contributed by atoms with E-state index in [0.29, 0.717) is 5.75 Å². The molecule has 0 N–H and O–H groups in total. The second-order valence-corrected chi connectivity index (χ2v) is 5.40. The van der Waals surface area contributed by atoms with Gasteiger partial charge in [-0.25, -0.2) is 0 Å². The third kappa shape index (κ3) is 4.06. The number of likely N-dealkylation sites (N-methyl/N-ethyl adjacent to an activating group) is 1. The van der Waals surface area contributed by atoms with Gasteiger partial charge < -0.3 is 9.64 Å². The number of alkyl halides is 3. The minimum Gasteiger partial charge on any atom is -0.491 e. The Morgan fingerprint density at radius 2 is 2.00 bits per heavy atom. The summed E-state index contributed by atoms with van der Waals surface area (Å²) < 4.78 is 45.3. The van der Waals surface area contributed by atoms with Crippen LogP contribution in [-0.4, -0.2) is 40.8 Å². The molecule has 0 atom stereocenters. The van der Waals surface area contributed by atoms with Crippen LogP contribution in [0.3, 0.4) is 0 Å². The second-order valence-electron chi connectivity index (χ2n) is 5.40. The van der Waals surface area contributed by atoms with Gasteiger partial charge in [0, 0.05) is 20.3 Å². The second kappa shape index (κ2) is 6.94. The molecule has 2 rings (SSSR count). The molecule has 8 heteroatoms. The van der Waals surface area contributed by atoms with Gasteiger partial charge in [0.2, 0.25) is 0 Å². The zero-order valence-electron chi connectivity index (χ0n) is 13.6. The molecule has 1 aromatic heterocycles. The first kappa shape index (κ1) is 17.8. The van der Waals surface area contributed by atoms with Crippen LogP contribution >= 0.6 is 0 Å². The summed E-state index contributed by atoms with van der Waals surface area (Å²) in [4.78, 5) is 13.4. The first-order valence-electron chi connectivity index (χ1n) is 7.25. The third-order valence-electron chi connectivity index (χ3n) is 3.45. The fourth-order valence-electron chi connectivity index (χ4n) is 2.17. The molecule has 0 unspecified atom stereocenters. The zero-order valence-corrected chi connectivity index (χ0v) is 13.6.